The van der Waals surface area contributed by atoms with Gasteiger partial charge >= 0.3 is 0 Å². The fourth-order valence-electron chi connectivity index (χ4n) is 0.920. The summed E-state index contributed by atoms with van der Waals surface area (Å²) in [5, 5.41) is 10.1. The van der Waals surface area contributed by atoms with Crippen molar-refractivity contribution in [1.82, 2.24) is 15.5 Å². The fourth-order valence-corrected chi connectivity index (χ4v) is 1.08. The Hall–Kier alpha value is -0.840. The minimum atomic E-state index is -0.0850. The van der Waals surface area contributed by atoms with Crippen molar-refractivity contribution in [3.8, 4) is 0 Å². The molecule has 0 saturated heterocycles. The van der Waals surface area contributed by atoms with Crippen LogP contribution in [0.3, 0.4) is 0 Å². The number of aromatic nitrogens is 2. The van der Waals surface area contributed by atoms with E-state index in [2.05, 4.69) is 31.4 Å². The van der Waals surface area contributed by atoms with Crippen LogP contribution in [0.1, 0.15) is 23.0 Å². The highest BCUT2D eigenvalue weighted by atomic mass is 79.9. The van der Waals surface area contributed by atoms with E-state index in [4.69, 9.17) is 0 Å². The van der Waals surface area contributed by atoms with Crippen LogP contribution in [-0.2, 0) is 0 Å². The summed E-state index contributed by atoms with van der Waals surface area (Å²) in [6.07, 6.45) is 1.53. The van der Waals surface area contributed by atoms with Gasteiger partial charge in [0.1, 0.15) is 0 Å². The van der Waals surface area contributed by atoms with E-state index in [1.807, 2.05) is 13.8 Å². The number of carbonyl (C=O) groups excluding carboxylic acids is 1. The summed E-state index contributed by atoms with van der Waals surface area (Å²) in [5.74, 6) is -0.0850. The molecule has 2 N–H and O–H groups in total. The van der Waals surface area contributed by atoms with Crippen molar-refractivity contribution in [1.29, 1.82) is 0 Å². The molecule has 72 valence electrons. The van der Waals surface area contributed by atoms with Crippen LogP contribution in [0.4, 0.5) is 0 Å². The predicted octanol–water partition coefficient (Wildman–Crippen LogP) is 1.23. The Balaban J connectivity index is 2.64. The third kappa shape index (κ3) is 2.55. The van der Waals surface area contributed by atoms with Crippen LogP contribution in [0.5, 0.6) is 0 Å². The normalized spacial score (nSPS) is 12.5. The summed E-state index contributed by atoms with van der Waals surface area (Å²) in [4.78, 5) is 11.5. The van der Waals surface area contributed by atoms with Gasteiger partial charge in [-0.05, 0) is 13.8 Å². The van der Waals surface area contributed by atoms with Gasteiger partial charge in [-0.25, -0.2) is 0 Å². The van der Waals surface area contributed by atoms with Gasteiger partial charge < -0.3 is 5.32 Å². The molecule has 5 heteroatoms. The highest BCUT2D eigenvalue weighted by Gasteiger charge is 2.12. The monoisotopic (exact) mass is 245 g/mol. The molecule has 1 atom stereocenters. The highest BCUT2D eigenvalue weighted by Crippen LogP contribution is 2.02. The molecule has 1 aromatic rings. The average Bonchev–Trinajstić information content (AvgIpc) is 2.51. The number of alkyl halides is 1. The van der Waals surface area contributed by atoms with E-state index >= 15 is 0 Å². The van der Waals surface area contributed by atoms with E-state index in [0.29, 0.717) is 5.56 Å². The Kier molecular flexibility index (Phi) is 3.48. The lowest BCUT2D eigenvalue weighted by molar-refractivity contribution is 0.0943. The molecule has 0 spiro atoms. The molecule has 1 aromatic heterocycles. The maximum absolute atomic E-state index is 11.5. The molecule has 0 fully saturated rings. The first-order valence-corrected chi connectivity index (χ1v) is 5.14. The number of halogens is 1. The number of hydrogen-bond acceptors (Lipinski definition) is 2. The summed E-state index contributed by atoms with van der Waals surface area (Å²) in [6.45, 7) is 3.75. The molecule has 1 rings (SSSR count). The van der Waals surface area contributed by atoms with Crippen LogP contribution >= 0.6 is 15.9 Å². The lowest BCUT2D eigenvalue weighted by Crippen LogP contribution is -2.33. The number of nitrogens with zero attached hydrogens (tertiary/aromatic N) is 1. The molecule has 0 saturated carbocycles. The van der Waals surface area contributed by atoms with Crippen molar-refractivity contribution in [2.75, 3.05) is 5.33 Å². The number of aryl methyl sites for hydroxylation is 1. The van der Waals surface area contributed by atoms with Gasteiger partial charge in [0, 0.05) is 17.1 Å². The lowest BCUT2D eigenvalue weighted by Gasteiger charge is -2.09. The van der Waals surface area contributed by atoms with Crippen LogP contribution in [-0.4, -0.2) is 27.5 Å². The first kappa shape index (κ1) is 10.2. The van der Waals surface area contributed by atoms with Crippen LogP contribution in [0.2, 0.25) is 0 Å². The minimum Gasteiger partial charge on any atom is -0.349 e. The molecule has 0 aliphatic heterocycles. The number of amides is 1. The molecule has 4 nitrogen and oxygen atoms in total. The van der Waals surface area contributed by atoms with Crippen molar-refractivity contribution in [3.63, 3.8) is 0 Å². The van der Waals surface area contributed by atoms with Gasteiger partial charge in [0.2, 0.25) is 0 Å². The van der Waals surface area contributed by atoms with Crippen LogP contribution < -0.4 is 5.32 Å². The number of hydrogen-bond donors (Lipinski definition) is 2. The van der Waals surface area contributed by atoms with Gasteiger partial charge in [-0.1, -0.05) is 15.9 Å². The summed E-state index contributed by atoms with van der Waals surface area (Å²) in [5.41, 5.74) is 1.40. The predicted molar refractivity (Wildman–Crippen MR) is 54.0 cm³/mol. The van der Waals surface area contributed by atoms with Crippen LogP contribution in [0.25, 0.3) is 0 Å². The summed E-state index contributed by atoms with van der Waals surface area (Å²) < 4.78 is 0. The fraction of sp³-hybridized carbons (Fsp3) is 0.500. The Morgan fingerprint density at radius 3 is 3.00 bits per heavy atom. The van der Waals surface area contributed by atoms with Crippen molar-refractivity contribution in [2.45, 2.75) is 19.9 Å². The van der Waals surface area contributed by atoms with E-state index in [1.54, 1.807) is 0 Å². The molecule has 0 aromatic carbocycles. The van der Waals surface area contributed by atoms with Crippen molar-refractivity contribution in [2.24, 2.45) is 0 Å². The van der Waals surface area contributed by atoms with E-state index in [-0.39, 0.29) is 11.9 Å². The van der Waals surface area contributed by atoms with Gasteiger partial charge in [0.05, 0.1) is 11.8 Å². The molecule has 1 unspecified atom stereocenters. The van der Waals surface area contributed by atoms with Crippen molar-refractivity contribution < 1.29 is 4.79 Å². The lowest BCUT2D eigenvalue weighted by atomic mass is 10.2. The molecule has 1 heterocycles. The van der Waals surface area contributed by atoms with Gasteiger partial charge in [-0.2, -0.15) is 5.10 Å². The minimum absolute atomic E-state index is 0.0850. The van der Waals surface area contributed by atoms with Crippen molar-refractivity contribution in [3.05, 3.63) is 17.5 Å². The average molecular weight is 246 g/mol. The van der Waals surface area contributed by atoms with Crippen LogP contribution in [0, 0.1) is 6.92 Å². The summed E-state index contributed by atoms with van der Waals surface area (Å²) in [7, 11) is 0. The summed E-state index contributed by atoms with van der Waals surface area (Å²) in [6, 6.07) is 0.127. The van der Waals surface area contributed by atoms with Crippen LogP contribution in [0.15, 0.2) is 6.20 Å². The third-order valence-electron chi connectivity index (χ3n) is 1.68. The number of H-pyrrole nitrogens is 1. The second-order valence-corrected chi connectivity index (χ2v) is 3.58. The zero-order valence-electron chi connectivity index (χ0n) is 7.60. The highest BCUT2D eigenvalue weighted by molar-refractivity contribution is 9.09. The maximum atomic E-state index is 11.5. The van der Waals surface area contributed by atoms with E-state index in [0.717, 1.165) is 11.0 Å². The SMILES string of the molecule is Cc1[nH]ncc1C(=O)NC(C)CBr. The molecule has 0 radical (unpaired) electrons. The molecule has 1 amide bonds. The largest absolute Gasteiger partial charge is 0.349 e. The molecule has 0 aliphatic carbocycles. The molecule has 0 aliphatic rings. The van der Waals surface area contributed by atoms with Gasteiger partial charge in [-0.15, -0.1) is 0 Å². The zero-order valence-corrected chi connectivity index (χ0v) is 9.18. The Bertz CT molecular complexity index is 297. The molecule has 0 bridgehead atoms. The third-order valence-corrected chi connectivity index (χ3v) is 2.65. The van der Waals surface area contributed by atoms with Gasteiger partial charge in [0.15, 0.2) is 0 Å². The zero-order chi connectivity index (χ0) is 9.84. The number of nitrogens with one attached hydrogen (secondary N) is 2. The van der Waals surface area contributed by atoms with Gasteiger partial charge in [0.25, 0.3) is 5.91 Å². The summed E-state index contributed by atoms with van der Waals surface area (Å²) >= 11 is 3.29. The first-order valence-electron chi connectivity index (χ1n) is 4.02. The number of rotatable bonds is 3. The topological polar surface area (TPSA) is 57.8 Å². The Labute approximate surface area is 85.2 Å². The first-order chi connectivity index (χ1) is 6.15. The Morgan fingerprint density at radius 1 is 1.85 bits per heavy atom. The van der Waals surface area contributed by atoms with E-state index < -0.39 is 0 Å². The molecular weight excluding hydrogens is 234 g/mol. The quantitative estimate of drug-likeness (QED) is 0.788. The maximum Gasteiger partial charge on any atom is 0.254 e. The molecule has 13 heavy (non-hydrogen) atoms. The molecular formula is C8H12BrN3O. The second-order valence-electron chi connectivity index (χ2n) is 2.94. The van der Waals surface area contributed by atoms with Gasteiger partial charge in [-0.3, -0.25) is 9.89 Å². The Morgan fingerprint density at radius 2 is 2.54 bits per heavy atom. The second kappa shape index (κ2) is 4.41. The smallest absolute Gasteiger partial charge is 0.254 e. The van der Waals surface area contributed by atoms with Crippen molar-refractivity contribution >= 4 is 21.8 Å². The standard InChI is InChI=1S/C8H12BrN3O/c1-5(3-9)11-8(13)7-4-10-12-6(7)2/h4-5H,3H2,1-2H3,(H,10,12)(H,11,13). The van der Waals surface area contributed by atoms with E-state index in [1.165, 1.54) is 6.20 Å². The number of aromatic amines is 1. The van der Waals surface area contributed by atoms with E-state index in [9.17, 15) is 4.79 Å². The number of carbonyl (C=O) groups is 1.